The molecule has 43 valence electrons. The van der Waals surface area contributed by atoms with Crippen molar-refractivity contribution in [2.24, 2.45) is 0 Å². The van der Waals surface area contributed by atoms with Crippen LogP contribution in [-0.4, -0.2) is 19.8 Å². The molecule has 0 saturated heterocycles. The molecule has 0 atom stereocenters. The Labute approximate surface area is 51.1 Å². The maximum atomic E-state index is 3.85. The van der Waals surface area contributed by atoms with Crippen LogP contribution in [0.4, 0.5) is 0 Å². The summed E-state index contributed by atoms with van der Waals surface area (Å²) in [4.78, 5) is 3.85. The zero-order chi connectivity index (χ0) is 6.10. The predicted molar refractivity (Wildman–Crippen MR) is 29.6 cm³/mol. The Bertz CT molecular complexity index is 283. The Morgan fingerprint density at radius 3 is 3.33 bits per heavy atom. The molecule has 0 amide bonds. The van der Waals surface area contributed by atoms with Gasteiger partial charge in [-0.15, -0.1) is 9.73 Å². The van der Waals surface area contributed by atoms with Crippen LogP contribution in [0.5, 0.6) is 0 Å². The smallest absolute Gasteiger partial charge is 0.184 e. The van der Waals surface area contributed by atoms with Crippen molar-refractivity contribution in [1.82, 2.24) is 19.8 Å². The first-order valence-corrected chi connectivity index (χ1v) is 2.49. The highest BCUT2D eigenvalue weighted by atomic mass is 15.4. The normalized spacial score (nSPS) is 10.2. The van der Waals surface area contributed by atoms with Crippen LogP contribution in [0.3, 0.4) is 0 Å². The Hall–Kier alpha value is -1.45. The summed E-state index contributed by atoms with van der Waals surface area (Å²) in [5.74, 6) is 0. The molecule has 0 fully saturated rings. The molecule has 1 radical (unpaired) electrons. The third kappa shape index (κ3) is 0.561. The number of fused-ring (bicyclic) bond motifs is 1. The first-order chi connectivity index (χ1) is 4.47. The number of aromatic nitrogens is 4. The summed E-state index contributed by atoms with van der Waals surface area (Å²) in [6, 6.07) is 4.56. The second-order valence-electron chi connectivity index (χ2n) is 1.55. The average Bonchev–Trinajstić information content (AvgIpc) is 2.33. The summed E-state index contributed by atoms with van der Waals surface area (Å²) in [5.41, 5.74) is 0.650. The maximum absolute atomic E-state index is 3.85. The second kappa shape index (κ2) is 1.51. The summed E-state index contributed by atoms with van der Waals surface area (Å²) in [6.45, 7) is 0. The van der Waals surface area contributed by atoms with Crippen LogP contribution >= 0.6 is 0 Å². The molecule has 4 heteroatoms. The van der Waals surface area contributed by atoms with E-state index in [1.807, 2.05) is 0 Å². The first kappa shape index (κ1) is 4.43. The molecular weight excluding hydrogens is 116 g/mol. The van der Waals surface area contributed by atoms with Gasteiger partial charge in [-0.25, -0.2) is 4.98 Å². The van der Waals surface area contributed by atoms with Crippen LogP contribution in [0.1, 0.15) is 0 Å². The zero-order valence-corrected chi connectivity index (χ0v) is 4.52. The van der Waals surface area contributed by atoms with Crippen molar-refractivity contribution < 1.29 is 0 Å². The summed E-state index contributed by atoms with van der Waals surface area (Å²) in [7, 11) is 0. The Morgan fingerprint density at radius 1 is 1.44 bits per heavy atom. The van der Waals surface area contributed by atoms with Crippen LogP contribution in [-0.2, 0) is 0 Å². The predicted octanol–water partition coefficient (Wildman–Crippen LogP) is -0.0755. The molecule has 0 aliphatic heterocycles. The van der Waals surface area contributed by atoms with Gasteiger partial charge in [-0.05, 0) is 6.07 Å². The fraction of sp³-hybridized carbons (Fsp3) is 0. The van der Waals surface area contributed by atoms with Gasteiger partial charge >= 0.3 is 0 Å². The second-order valence-corrected chi connectivity index (χ2v) is 1.55. The van der Waals surface area contributed by atoms with Crippen molar-refractivity contribution in [2.45, 2.75) is 0 Å². The Morgan fingerprint density at radius 2 is 2.44 bits per heavy atom. The molecule has 0 spiro atoms. The minimum absolute atomic E-state index is 0.650. The van der Waals surface area contributed by atoms with Gasteiger partial charge in [-0.1, -0.05) is 0 Å². The number of nitrogens with zero attached hydrogens (tertiary/aromatic N) is 4. The topological polar surface area (TPSA) is 43.1 Å². The molecule has 2 rings (SSSR count). The quantitative estimate of drug-likeness (QED) is 0.487. The molecule has 2 aromatic heterocycles. The number of hydrogen-bond acceptors (Lipinski definition) is 3. The lowest BCUT2D eigenvalue weighted by atomic mass is 10.6. The van der Waals surface area contributed by atoms with Crippen molar-refractivity contribution in [3.05, 3.63) is 24.7 Å². The van der Waals surface area contributed by atoms with Crippen LogP contribution in [0, 0.1) is 6.07 Å². The lowest BCUT2D eigenvalue weighted by molar-refractivity contribution is 0.799. The van der Waals surface area contributed by atoms with Crippen LogP contribution in [0.25, 0.3) is 5.65 Å². The van der Waals surface area contributed by atoms with Crippen LogP contribution in [0.15, 0.2) is 18.6 Å². The lowest BCUT2D eigenvalue weighted by Crippen LogP contribution is -1.90. The monoisotopic (exact) mass is 119 g/mol. The molecule has 0 aliphatic carbocycles. The molecule has 2 aromatic rings. The summed E-state index contributed by atoms with van der Waals surface area (Å²) < 4.78 is 1.42. The largest absolute Gasteiger partial charge is 0.213 e. The standard InChI is InChI=1S/C5H3N4/c1-2-5-6-4-8-9(5)7-3-1/h1,3-4H. The molecule has 0 aromatic carbocycles. The average molecular weight is 119 g/mol. The third-order valence-corrected chi connectivity index (χ3v) is 0.993. The fourth-order valence-corrected chi connectivity index (χ4v) is 0.624. The molecular formula is C5H3N4. The number of hydrogen-bond donors (Lipinski definition) is 0. The lowest BCUT2D eigenvalue weighted by Gasteiger charge is -1.82. The van der Waals surface area contributed by atoms with Gasteiger partial charge in [0, 0.05) is 6.07 Å². The van der Waals surface area contributed by atoms with E-state index in [1.165, 1.54) is 11.0 Å². The zero-order valence-electron chi connectivity index (χ0n) is 4.52. The van der Waals surface area contributed by atoms with Gasteiger partial charge in [-0.2, -0.15) is 5.10 Å². The maximum Gasteiger partial charge on any atom is 0.184 e. The van der Waals surface area contributed by atoms with Crippen LogP contribution < -0.4 is 0 Å². The number of rotatable bonds is 0. The molecule has 9 heavy (non-hydrogen) atoms. The van der Waals surface area contributed by atoms with E-state index in [4.69, 9.17) is 0 Å². The van der Waals surface area contributed by atoms with Crippen molar-refractivity contribution in [3.63, 3.8) is 0 Å². The van der Waals surface area contributed by atoms with Crippen molar-refractivity contribution in [1.29, 1.82) is 0 Å². The molecule has 2 heterocycles. The minimum Gasteiger partial charge on any atom is -0.213 e. The van der Waals surface area contributed by atoms with E-state index in [9.17, 15) is 0 Å². The van der Waals surface area contributed by atoms with Gasteiger partial charge in [0.1, 0.15) is 6.33 Å². The van der Waals surface area contributed by atoms with Gasteiger partial charge in [0.15, 0.2) is 5.65 Å². The van der Waals surface area contributed by atoms with Gasteiger partial charge < -0.3 is 0 Å². The van der Waals surface area contributed by atoms with E-state index in [1.54, 1.807) is 12.3 Å². The molecule has 0 unspecified atom stereocenters. The van der Waals surface area contributed by atoms with E-state index in [0.29, 0.717) is 5.65 Å². The molecule has 0 N–H and O–H groups in total. The van der Waals surface area contributed by atoms with Crippen molar-refractivity contribution in [3.8, 4) is 0 Å². The van der Waals surface area contributed by atoms with E-state index in [0.717, 1.165) is 0 Å². The summed E-state index contributed by atoms with van der Waals surface area (Å²) >= 11 is 0. The molecule has 0 saturated carbocycles. The van der Waals surface area contributed by atoms with Gasteiger partial charge in [0.25, 0.3) is 0 Å². The third-order valence-electron chi connectivity index (χ3n) is 0.993. The van der Waals surface area contributed by atoms with E-state index >= 15 is 0 Å². The Balaban J connectivity index is 2.95. The first-order valence-electron chi connectivity index (χ1n) is 2.49. The van der Waals surface area contributed by atoms with Gasteiger partial charge in [0.2, 0.25) is 0 Å². The van der Waals surface area contributed by atoms with Crippen LogP contribution in [0.2, 0.25) is 0 Å². The Kier molecular flexibility index (Phi) is 0.745. The highest BCUT2D eigenvalue weighted by Gasteiger charge is 1.89. The summed E-state index contributed by atoms with van der Waals surface area (Å²) in [5, 5.41) is 7.63. The van der Waals surface area contributed by atoms with E-state index < -0.39 is 0 Å². The SMILES string of the molecule is [c]1ccnn2ncnc12. The van der Waals surface area contributed by atoms with Crippen molar-refractivity contribution >= 4 is 5.65 Å². The molecule has 0 aliphatic rings. The highest BCUT2D eigenvalue weighted by Crippen LogP contribution is 1.88. The van der Waals surface area contributed by atoms with Gasteiger partial charge in [0.05, 0.1) is 6.20 Å². The molecule has 4 nitrogen and oxygen atoms in total. The fourth-order valence-electron chi connectivity index (χ4n) is 0.624. The van der Waals surface area contributed by atoms with Crippen molar-refractivity contribution in [2.75, 3.05) is 0 Å². The van der Waals surface area contributed by atoms with E-state index in [2.05, 4.69) is 21.2 Å². The molecule has 0 bridgehead atoms. The highest BCUT2D eigenvalue weighted by molar-refractivity contribution is 5.30. The van der Waals surface area contributed by atoms with E-state index in [-0.39, 0.29) is 0 Å². The van der Waals surface area contributed by atoms with Gasteiger partial charge in [-0.3, -0.25) is 0 Å². The minimum atomic E-state index is 0.650. The summed E-state index contributed by atoms with van der Waals surface area (Å²) in [6.07, 6.45) is 3.06.